The van der Waals surface area contributed by atoms with E-state index in [1.165, 1.54) is 4.90 Å². The van der Waals surface area contributed by atoms with Crippen LogP contribution in [0.3, 0.4) is 0 Å². The van der Waals surface area contributed by atoms with Gasteiger partial charge in [-0.25, -0.2) is 8.42 Å². The summed E-state index contributed by atoms with van der Waals surface area (Å²) in [4.78, 5) is 32.0. The second-order valence-electron chi connectivity index (χ2n) is 8.64. The van der Waals surface area contributed by atoms with Crippen LogP contribution < -0.4 is 10.1 Å². The van der Waals surface area contributed by atoms with Gasteiger partial charge in [0.1, 0.15) is 11.8 Å². The summed E-state index contributed by atoms with van der Waals surface area (Å²) in [5.41, 5.74) is 2.35. The van der Waals surface area contributed by atoms with Gasteiger partial charge in [0.15, 0.2) is 0 Å². The average molecular weight is 525 g/mol. The van der Waals surface area contributed by atoms with Gasteiger partial charge in [0.05, 0.1) is 19.9 Å². The van der Waals surface area contributed by atoms with Crippen LogP contribution in [0.5, 0.6) is 5.75 Å². The fraction of sp³-hybridized carbons (Fsp3) is 0.296. The van der Waals surface area contributed by atoms with E-state index in [9.17, 15) is 18.0 Å². The minimum atomic E-state index is -3.70. The van der Waals surface area contributed by atoms with Crippen molar-refractivity contribution in [2.24, 2.45) is 0 Å². The van der Waals surface area contributed by atoms with Crippen LogP contribution in [-0.2, 0) is 39.2 Å². The molecule has 1 heterocycles. The molecule has 0 saturated carbocycles. The number of ether oxygens (including phenoxy) is 1. The van der Waals surface area contributed by atoms with Gasteiger partial charge in [0.25, 0.3) is 0 Å². The number of aromatic nitrogens is 1. The van der Waals surface area contributed by atoms with E-state index in [0.29, 0.717) is 5.75 Å². The number of methoxy groups -OCH3 is 1. The Bertz CT molecular complexity index is 1270. The number of benzene rings is 2. The molecule has 196 valence electrons. The standard InChI is InChI=1S/C27H32N4O5S/c1-21(27(33)29-17-24-10-7-15-28-16-24)31(19-23-11-13-25(36-2)14-12-23)26(32)20-30(37(3,34)35)18-22-8-5-4-6-9-22/h4-16,21H,17-20H2,1-3H3,(H,29,33). The largest absolute Gasteiger partial charge is 0.497 e. The third kappa shape index (κ3) is 8.40. The predicted molar refractivity (Wildman–Crippen MR) is 141 cm³/mol. The fourth-order valence-electron chi connectivity index (χ4n) is 3.67. The molecule has 9 nitrogen and oxygen atoms in total. The first-order valence-electron chi connectivity index (χ1n) is 11.8. The zero-order valence-electron chi connectivity index (χ0n) is 21.2. The van der Waals surface area contributed by atoms with Crippen molar-refractivity contribution in [2.45, 2.75) is 32.6 Å². The Morgan fingerprint density at radius 1 is 0.946 bits per heavy atom. The minimum Gasteiger partial charge on any atom is -0.497 e. The number of sulfonamides is 1. The van der Waals surface area contributed by atoms with E-state index >= 15 is 0 Å². The van der Waals surface area contributed by atoms with Gasteiger partial charge >= 0.3 is 0 Å². The van der Waals surface area contributed by atoms with Crippen molar-refractivity contribution in [3.05, 3.63) is 95.8 Å². The predicted octanol–water partition coefficient (Wildman–Crippen LogP) is 2.59. The summed E-state index contributed by atoms with van der Waals surface area (Å²) < 4.78 is 31.4. The number of rotatable bonds is 12. The van der Waals surface area contributed by atoms with Crippen LogP contribution in [0, 0.1) is 0 Å². The highest BCUT2D eigenvalue weighted by Crippen LogP contribution is 2.16. The molecule has 1 aromatic heterocycles. The van der Waals surface area contributed by atoms with Crippen molar-refractivity contribution in [1.82, 2.24) is 19.5 Å². The number of nitrogens with zero attached hydrogens (tertiary/aromatic N) is 3. The SMILES string of the molecule is COc1ccc(CN(C(=O)CN(Cc2ccccc2)S(C)(=O)=O)C(C)C(=O)NCc2cccnc2)cc1. The molecular weight excluding hydrogens is 492 g/mol. The summed E-state index contributed by atoms with van der Waals surface area (Å²) in [6, 6.07) is 18.9. The van der Waals surface area contributed by atoms with E-state index in [0.717, 1.165) is 27.3 Å². The van der Waals surface area contributed by atoms with E-state index in [1.54, 1.807) is 68.9 Å². The molecule has 1 atom stereocenters. The molecule has 0 aliphatic heterocycles. The summed E-state index contributed by atoms with van der Waals surface area (Å²) in [6.45, 7) is 1.65. The molecule has 0 aliphatic carbocycles. The molecule has 3 rings (SSSR count). The van der Waals surface area contributed by atoms with Crippen LogP contribution in [0.25, 0.3) is 0 Å². The maximum absolute atomic E-state index is 13.5. The molecule has 1 N–H and O–H groups in total. The normalized spacial score (nSPS) is 12.1. The molecule has 3 aromatic rings. The highest BCUT2D eigenvalue weighted by molar-refractivity contribution is 7.88. The molecule has 0 saturated heterocycles. The van der Waals surface area contributed by atoms with Gasteiger partial charge in [0, 0.05) is 32.0 Å². The number of nitrogens with one attached hydrogen (secondary N) is 1. The van der Waals surface area contributed by atoms with Crippen molar-refractivity contribution in [1.29, 1.82) is 0 Å². The van der Waals surface area contributed by atoms with Crippen molar-refractivity contribution < 1.29 is 22.7 Å². The number of hydrogen-bond donors (Lipinski definition) is 1. The molecule has 2 aromatic carbocycles. The first-order chi connectivity index (χ1) is 17.7. The quantitative estimate of drug-likeness (QED) is 0.390. The van der Waals surface area contributed by atoms with Gasteiger partial charge in [-0.2, -0.15) is 4.31 Å². The Morgan fingerprint density at radius 2 is 1.59 bits per heavy atom. The van der Waals surface area contributed by atoms with E-state index < -0.39 is 28.5 Å². The monoisotopic (exact) mass is 524 g/mol. The number of pyridine rings is 1. The maximum atomic E-state index is 13.5. The van der Waals surface area contributed by atoms with Gasteiger partial charge in [-0.15, -0.1) is 0 Å². The van der Waals surface area contributed by atoms with Gasteiger partial charge in [-0.1, -0.05) is 48.5 Å². The molecule has 10 heteroatoms. The third-order valence-electron chi connectivity index (χ3n) is 5.85. The molecule has 2 amide bonds. The van der Waals surface area contributed by atoms with Crippen LogP contribution in [0.15, 0.2) is 79.1 Å². The highest BCUT2D eigenvalue weighted by atomic mass is 32.2. The van der Waals surface area contributed by atoms with Crippen molar-refractivity contribution in [3.63, 3.8) is 0 Å². The fourth-order valence-corrected chi connectivity index (χ4v) is 4.40. The van der Waals surface area contributed by atoms with E-state index in [1.807, 2.05) is 24.3 Å². The van der Waals surface area contributed by atoms with Crippen LogP contribution in [-0.4, -0.2) is 60.4 Å². The third-order valence-corrected chi connectivity index (χ3v) is 7.05. The summed E-state index contributed by atoms with van der Waals surface area (Å²) in [5, 5.41) is 2.84. The molecule has 0 bridgehead atoms. The van der Waals surface area contributed by atoms with Crippen LogP contribution in [0.2, 0.25) is 0 Å². The summed E-state index contributed by atoms with van der Waals surface area (Å²) >= 11 is 0. The van der Waals surface area contributed by atoms with E-state index in [-0.39, 0.29) is 25.5 Å². The van der Waals surface area contributed by atoms with Crippen molar-refractivity contribution in [3.8, 4) is 5.75 Å². The molecule has 37 heavy (non-hydrogen) atoms. The topological polar surface area (TPSA) is 109 Å². The molecule has 0 spiro atoms. The van der Waals surface area contributed by atoms with Crippen LogP contribution in [0.1, 0.15) is 23.6 Å². The maximum Gasteiger partial charge on any atom is 0.242 e. The molecular formula is C27H32N4O5S. The van der Waals surface area contributed by atoms with E-state index in [4.69, 9.17) is 4.74 Å². The number of hydrogen-bond acceptors (Lipinski definition) is 6. The summed E-state index contributed by atoms with van der Waals surface area (Å²) in [7, 11) is -2.14. The van der Waals surface area contributed by atoms with Crippen LogP contribution >= 0.6 is 0 Å². The Morgan fingerprint density at radius 3 is 2.19 bits per heavy atom. The lowest BCUT2D eigenvalue weighted by molar-refractivity contribution is -0.140. The molecule has 1 unspecified atom stereocenters. The zero-order chi connectivity index (χ0) is 26.8. The van der Waals surface area contributed by atoms with E-state index in [2.05, 4.69) is 10.3 Å². The number of amides is 2. The molecule has 0 radical (unpaired) electrons. The lowest BCUT2D eigenvalue weighted by Gasteiger charge is -2.31. The van der Waals surface area contributed by atoms with Gasteiger partial charge in [-0.05, 0) is 41.8 Å². The first kappa shape index (κ1) is 27.8. The molecule has 0 fully saturated rings. The lowest BCUT2D eigenvalue weighted by atomic mass is 10.1. The Kier molecular flexibility index (Phi) is 9.76. The Hall–Kier alpha value is -3.76. The molecule has 0 aliphatic rings. The second kappa shape index (κ2) is 13.0. The smallest absolute Gasteiger partial charge is 0.242 e. The van der Waals surface area contributed by atoms with Crippen molar-refractivity contribution >= 4 is 21.8 Å². The number of carbonyl (C=O) groups excluding carboxylic acids is 2. The Labute approximate surface area is 218 Å². The zero-order valence-corrected chi connectivity index (χ0v) is 22.0. The summed E-state index contributed by atoms with van der Waals surface area (Å²) in [5.74, 6) is -0.184. The summed E-state index contributed by atoms with van der Waals surface area (Å²) in [6.07, 6.45) is 4.37. The lowest BCUT2D eigenvalue weighted by Crippen LogP contribution is -2.50. The highest BCUT2D eigenvalue weighted by Gasteiger charge is 2.30. The van der Waals surface area contributed by atoms with Crippen LogP contribution in [0.4, 0.5) is 0 Å². The number of carbonyl (C=O) groups is 2. The minimum absolute atomic E-state index is 0.0450. The average Bonchev–Trinajstić information content (AvgIpc) is 2.90. The second-order valence-corrected chi connectivity index (χ2v) is 10.6. The first-order valence-corrected chi connectivity index (χ1v) is 13.6. The van der Waals surface area contributed by atoms with Gasteiger partial charge in [0.2, 0.25) is 21.8 Å². The van der Waals surface area contributed by atoms with Crippen molar-refractivity contribution in [2.75, 3.05) is 19.9 Å². The Balaban J connectivity index is 1.81. The van der Waals surface area contributed by atoms with Gasteiger partial charge in [-0.3, -0.25) is 14.6 Å². The van der Waals surface area contributed by atoms with Gasteiger partial charge < -0.3 is 15.0 Å².